The quantitative estimate of drug-likeness (QED) is 0.777. The number of hydrogen-bond acceptors (Lipinski definition) is 3. The Morgan fingerprint density at radius 3 is 2.43 bits per heavy atom. The molecule has 0 radical (unpaired) electrons. The van der Waals surface area contributed by atoms with Gasteiger partial charge in [-0.25, -0.2) is 4.39 Å². The third-order valence-electron chi connectivity index (χ3n) is 5.06. The average molecular weight is 401 g/mol. The van der Waals surface area contributed by atoms with E-state index in [0.29, 0.717) is 37.2 Å². The maximum atomic E-state index is 13.8. The van der Waals surface area contributed by atoms with Crippen molar-refractivity contribution < 1.29 is 14.0 Å². The molecule has 1 aliphatic rings. The topological polar surface area (TPSA) is 49.4 Å². The SMILES string of the molecule is CC(SCC(=O)N1CCC(C(=O)Nc2ccccc2)CC1)c1ccccc1F. The maximum Gasteiger partial charge on any atom is 0.232 e. The predicted molar refractivity (Wildman–Crippen MR) is 112 cm³/mol. The Balaban J connectivity index is 1.43. The molecule has 0 aliphatic carbocycles. The van der Waals surface area contributed by atoms with Crippen molar-refractivity contribution in [3.63, 3.8) is 0 Å². The molecule has 0 saturated carbocycles. The number of carbonyl (C=O) groups excluding carboxylic acids is 2. The van der Waals surface area contributed by atoms with Crippen LogP contribution in [0.5, 0.6) is 0 Å². The lowest BCUT2D eigenvalue weighted by Gasteiger charge is -2.31. The molecular formula is C22H25FN2O2S. The number of carbonyl (C=O) groups is 2. The molecule has 148 valence electrons. The molecule has 1 saturated heterocycles. The summed E-state index contributed by atoms with van der Waals surface area (Å²) in [7, 11) is 0. The molecule has 1 heterocycles. The van der Waals surface area contributed by atoms with Crippen molar-refractivity contribution in [2.75, 3.05) is 24.2 Å². The summed E-state index contributed by atoms with van der Waals surface area (Å²) in [6, 6.07) is 16.1. The van der Waals surface area contributed by atoms with E-state index in [1.807, 2.05) is 48.2 Å². The van der Waals surface area contributed by atoms with E-state index >= 15 is 0 Å². The Labute approximate surface area is 169 Å². The van der Waals surface area contributed by atoms with E-state index in [2.05, 4.69) is 5.32 Å². The summed E-state index contributed by atoms with van der Waals surface area (Å²) in [4.78, 5) is 26.7. The number of rotatable bonds is 6. The van der Waals surface area contributed by atoms with Crippen LogP contribution in [0.2, 0.25) is 0 Å². The number of nitrogens with one attached hydrogen (secondary N) is 1. The van der Waals surface area contributed by atoms with Gasteiger partial charge in [0.15, 0.2) is 0 Å². The third kappa shape index (κ3) is 5.35. The Morgan fingerprint density at radius 2 is 1.75 bits per heavy atom. The van der Waals surface area contributed by atoms with Gasteiger partial charge in [0.2, 0.25) is 11.8 Å². The first-order chi connectivity index (χ1) is 13.5. The lowest BCUT2D eigenvalue weighted by molar-refractivity contribution is -0.132. The van der Waals surface area contributed by atoms with E-state index in [9.17, 15) is 14.0 Å². The van der Waals surface area contributed by atoms with Gasteiger partial charge in [-0.1, -0.05) is 36.4 Å². The fourth-order valence-electron chi connectivity index (χ4n) is 3.34. The van der Waals surface area contributed by atoms with Gasteiger partial charge in [0.25, 0.3) is 0 Å². The van der Waals surface area contributed by atoms with E-state index in [-0.39, 0.29) is 28.8 Å². The first kappa shape index (κ1) is 20.4. The van der Waals surface area contributed by atoms with Gasteiger partial charge < -0.3 is 10.2 Å². The molecule has 0 aromatic heterocycles. The van der Waals surface area contributed by atoms with Gasteiger partial charge in [0, 0.05) is 35.5 Å². The molecule has 0 spiro atoms. The van der Waals surface area contributed by atoms with Crippen LogP contribution in [-0.2, 0) is 9.59 Å². The highest BCUT2D eigenvalue weighted by Gasteiger charge is 2.27. The maximum absolute atomic E-state index is 13.8. The van der Waals surface area contributed by atoms with Gasteiger partial charge in [0.1, 0.15) is 5.82 Å². The van der Waals surface area contributed by atoms with Gasteiger partial charge in [-0.3, -0.25) is 9.59 Å². The van der Waals surface area contributed by atoms with Crippen LogP contribution < -0.4 is 5.32 Å². The number of piperidine rings is 1. The van der Waals surface area contributed by atoms with E-state index in [1.54, 1.807) is 12.1 Å². The van der Waals surface area contributed by atoms with Crippen molar-refractivity contribution in [1.82, 2.24) is 4.90 Å². The molecule has 3 rings (SSSR count). The van der Waals surface area contributed by atoms with Gasteiger partial charge in [0.05, 0.1) is 5.75 Å². The molecule has 1 fully saturated rings. The number of anilines is 1. The normalized spacial score (nSPS) is 15.9. The molecule has 6 heteroatoms. The van der Waals surface area contributed by atoms with Crippen molar-refractivity contribution in [2.24, 2.45) is 5.92 Å². The smallest absolute Gasteiger partial charge is 0.232 e. The minimum atomic E-state index is -0.236. The zero-order valence-corrected chi connectivity index (χ0v) is 16.8. The number of hydrogen-bond donors (Lipinski definition) is 1. The van der Waals surface area contributed by atoms with E-state index in [1.165, 1.54) is 17.8 Å². The summed E-state index contributed by atoms with van der Waals surface area (Å²) < 4.78 is 13.8. The zero-order chi connectivity index (χ0) is 19.9. The summed E-state index contributed by atoms with van der Waals surface area (Å²) in [5.41, 5.74) is 1.42. The summed E-state index contributed by atoms with van der Waals surface area (Å²) >= 11 is 1.44. The van der Waals surface area contributed by atoms with Gasteiger partial charge in [-0.2, -0.15) is 0 Å². The van der Waals surface area contributed by atoms with E-state index in [4.69, 9.17) is 0 Å². The second kappa shape index (κ2) is 9.73. The number of likely N-dealkylation sites (tertiary alicyclic amines) is 1. The van der Waals surface area contributed by atoms with E-state index in [0.717, 1.165) is 5.69 Å². The number of amides is 2. The van der Waals surface area contributed by atoms with Crippen molar-refractivity contribution in [3.8, 4) is 0 Å². The average Bonchev–Trinajstić information content (AvgIpc) is 2.73. The summed E-state index contributed by atoms with van der Waals surface area (Å²) in [6.45, 7) is 3.08. The molecule has 0 bridgehead atoms. The number of benzene rings is 2. The second-order valence-corrected chi connectivity index (χ2v) is 8.31. The molecule has 1 atom stereocenters. The highest BCUT2D eigenvalue weighted by Crippen LogP contribution is 2.30. The fraction of sp³-hybridized carbons (Fsp3) is 0.364. The van der Waals surface area contributed by atoms with Crippen LogP contribution in [0.4, 0.5) is 10.1 Å². The Bertz CT molecular complexity index is 807. The molecule has 1 unspecified atom stereocenters. The highest BCUT2D eigenvalue weighted by atomic mass is 32.2. The summed E-state index contributed by atoms with van der Waals surface area (Å²) in [6.07, 6.45) is 1.33. The van der Waals surface area contributed by atoms with Crippen LogP contribution in [0.15, 0.2) is 54.6 Å². The lowest BCUT2D eigenvalue weighted by Crippen LogP contribution is -2.42. The van der Waals surface area contributed by atoms with Crippen molar-refractivity contribution in [2.45, 2.75) is 25.0 Å². The largest absolute Gasteiger partial charge is 0.342 e. The molecular weight excluding hydrogens is 375 g/mol. The van der Waals surface area contributed by atoms with Crippen molar-refractivity contribution >= 4 is 29.3 Å². The number of halogens is 1. The molecule has 2 aromatic carbocycles. The van der Waals surface area contributed by atoms with Crippen LogP contribution in [0.3, 0.4) is 0 Å². The van der Waals surface area contributed by atoms with Crippen LogP contribution >= 0.6 is 11.8 Å². The van der Waals surface area contributed by atoms with Crippen LogP contribution in [0, 0.1) is 11.7 Å². The minimum absolute atomic E-state index is 0.0147. The van der Waals surface area contributed by atoms with Crippen molar-refractivity contribution in [1.29, 1.82) is 0 Å². The molecule has 1 aliphatic heterocycles. The van der Waals surface area contributed by atoms with Crippen LogP contribution in [-0.4, -0.2) is 35.6 Å². The first-order valence-corrected chi connectivity index (χ1v) is 10.6. The van der Waals surface area contributed by atoms with Crippen molar-refractivity contribution in [3.05, 3.63) is 66.0 Å². The number of thioether (sulfide) groups is 1. The molecule has 28 heavy (non-hydrogen) atoms. The van der Waals surface area contributed by atoms with Crippen LogP contribution in [0.1, 0.15) is 30.6 Å². The first-order valence-electron chi connectivity index (χ1n) is 9.54. The molecule has 2 amide bonds. The predicted octanol–water partition coefficient (Wildman–Crippen LogP) is 4.50. The Kier molecular flexibility index (Phi) is 7.09. The standard InChI is InChI=1S/C22H25FN2O2S/c1-16(19-9-5-6-10-20(19)23)28-15-21(26)25-13-11-17(12-14-25)22(27)24-18-7-3-2-4-8-18/h2-10,16-17H,11-15H2,1H3,(H,24,27). The number of para-hydroxylation sites is 1. The molecule has 4 nitrogen and oxygen atoms in total. The molecule has 2 aromatic rings. The minimum Gasteiger partial charge on any atom is -0.342 e. The third-order valence-corrected chi connectivity index (χ3v) is 6.23. The monoisotopic (exact) mass is 400 g/mol. The second-order valence-electron chi connectivity index (χ2n) is 6.99. The molecule has 1 N–H and O–H groups in total. The lowest BCUT2D eigenvalue weighted by atomic mass is 9.96. The number of nitrogens with zero attached hydrogens (tertiary/aromatic N) is 1. The van der Waals surface area contributed by atoms with E-state index < -0.39 is 0 Å². The Morgan fingerprint density at radius 1 is 1.11 bits per heavy atom. The zero-order valence-electron chi connectivity index (χ0n) is 15.9. The fourth-order valence-corrected chi connectivity index (χ4v) is 4.28. The van der Waals surface area contributed by atoms with Gasteiger partial charge in [-0.05, 0) is 38.0 Å². The highest BCUT2D eigenvalue weighted by molar-refractivity contribution is 8.00. The van der Waals surface area contributed by atoms with Gasteiger partial charge >= 0.3 is 0 Å². The Hall–Kier alpha value is -2.34. The summed E-state index contributed by atoms with van der Waals surface area (Å²) in [5.74, 6) is 0.0708. The van der Waals surface area contributed by atoms with Gasteiger partial charge in [-0.15, -0.1) is 11.8 Å². The summed E-state index contributed by atoms with van der Waals surface area (Å²) in [5, 5.41) is 2.85. The van der Waals surface area contributed by atoms with Crippen LogP contribution in [0.25, 0.3) is 0 Å².